The van der Waals surface area contributed by atoms with Crippen molar-refractivity contribution in [1.82, 2.24) is 15.1 Å². The Morgan fingerprint density at radius 2 is 2.24 bits per heavy atom. The van der Waals surface area contributed by atoms with Gasteiger partial charge in [0.1, 0.15) is 0 Å². The predicted molar refractivity (Wildman–Crippen MR) is 85.9 cm³/mol. The average molecular weight is 328 g/mol. The maximum absolute atomic E-state index is 12.2. The van der Waals surface area contributed by atoms with Crippen molar-refractivity contribution < 1.29 is 9.53 Å². The van der Waals surface area contributed by atoms with Gasteiger partial charge in [-0.15, -0.1) is 16.8 Å². The van der Waals surface area contributed by atoms with E-state index in [0.29, 0.717) is 25.4 Å². The van der Waals surface area contributed by atoms with E-state index < -0.39 is 0 Å². The Morgan fingerprint density at radius 3 is 2.90 bits per heavy atom. The number of rotatable bonds is 6. The lowest BCUT2D eigenvalue weighted by Gasteiger charge is -2.35. The lowest BCUT2D eigenvalue weighted by atomic mass is 10.2. The van der Waals surface area contributed by atoms with Crippen LogP contribution in [0.4, 0.5) is 5.13 Å². The van der Waals surface area contributed by atoms with Gasteiger partial charge in [-0.1, -0.05) is 29.2 Å². The predicted octanol–water partition coefficient (Wildman–Crippen LogP) is 1.86. The molecule has 21 heavy (non-hydrogen) atoms. The maximum atomic E-state index is 12.2. The van der Waals surface area contributed by atoms with Crippen molar-refractivity contribution in [3.8, 4) is 0 Å². The standard InChI is InChI=1S/C13H20N4O2S2/c1-4-5-14-12-15-16-13(21-12)20-8-11(18)17-6-9(2)19-10(3)7-17/h4,9-10H,1,5-8H2,2-3H3,(H,14,15)/t9-,10+. The Balaban J connectivity index is 1.80. The molecule has 0 radical (unpaired) electrons. The molecule has 1 aliphatic heterocycles. The average Bonchev–Trinajstić information content (AvgIpc) is 2.89. The van der Waals surface area contributed by atoms with Crippen molar-refractivity contribution >= 4 is 34.1 Å². The first-order valence-corrected chi connectivity index (χ1v) is 8.63. The number of thioether (sulfide) groups is 1. The molecule has 2 atom stereocenters. The molecule has 0 spiro atoms. The number of aromatic nitrogens is 2. The fraction of sp³-hybridized carbons (Fsp3) is 0.615. The largest absolute Gasteiger partial charge is 0.372 e. The first kappa shape index (κ1) is 16.3. The van der Waals surface area contributed by atoms with Gasteiger partial charge in [-0.25, -0.2) is 0 Å². The zero-order valence-corrected chi connectivity index (χ0v) is 13.9. The fourth-order valence-corrected chi connectivity index (χ4v) is 3.76. The molecule has 1 aromatic rings. The molecule has 1 fully saturated rings. The van der Waals surface area contributed by atoms with Crippen LogP contribution in [0.3, 0.4) is 0 Å². The molecule has 8 heteroatoms. The Hall–Kier alpha value is -1.12. The second-order valence-corrected chi connectivity index (χ2v) is 7.09. The fourth-order valence-electron chi connectivity index (χ4n) is 2.10. The summed E-state index contributed by atoms with van der Waals surface area (Å²) in [5, 5.41) is 11.9. The van der Waals surface area contributed by atoms with E-state index in [4.69, 9.17) is 4.74 Å². The number of nitrogens with one attached hydrogen (secondary N) is 1. The van der Waals surface area contributed by atoms with Crippen molar-refractivity contribution in [3.63, 3.8) is 0 Å². The maximum Gasteiger partial charge on any atom is 0.233 e. The van der Waals surface area contributed by atoms with Crippen molar-refractivity contribution in [1.29, 1.82) is 0 Å². The van der Waals surface area contributed by atoms with E-state index in [1.165, 1.54) is 23.1 Å². The van der Waals surface area contributed by atoms with Gasteiger partial charge in [0.25, 0.3) is 0 Å². The van der Waals surface area contributed by atoms with Crippen LogP contribution in [0.25, 0.3) is 0 Å². The first-order chi connectivity index (χ1) is 10.1. The quantitative estimate of drug-likeness (QED) is 0.635. The minimum Gasteiger partial charge on any atom is -0.372 e. The van der Waals surface area contributed by atoms with Crippen molar-refractivity contribution in [2.24, 2.45) is 0 Å². The van der Waals surface area contributed by atoms with E-state index >= 15 is 0 Å². The van der Waals surface area contributed by atoms with E-state index in [2.05, 4.69) is 22.1 Å². The van der Waals surface area contributed by atoms with Crippen LogP contribution in [0.15, 0.2) is 17.0 Å². The third kappa shape index (κ3) is 4.98. The number of morpholine rings is 1. The van der Waals surface area contributed by atoms with Gasteiger partial charge in [0.05, 0.1) is 18.0 Å². The molecule has 6 nitrogen and oxygen atoms in total. The molecule has 2 rings (SSSR count). The second-order valence-electron chi connectivity index (χ2n) is 4.89. The number of carbonyl (C=O) groups is 1. The molecule has 0 aliphatic carbocycles. The van der Waals surface area contributed by atoms with Crippen molar-refractivity contribution in [2.75, 3.05) is 30.7 Å². The highest BCUT2D eigenvalue weighted by Crippen LogP contribution is 2.26. The minimum atomic E-state index is 0.0962. The van der Waals surface area contributed by atoms with Crippen LogP contribution in [0.2, 0.25) is 0 Å². The SMILES string of the molecule is C=CCNc1nnc(SCC(=O)N2C[C@@H](C)O[C@@H](C)C2)s1. The van der Waals surface area contributed by atoms with Gasteiger partial charge in [0, 0.05) is 19.6 Å². The third-order valence-electron chi connectivity index (χ3n) is 2.90. The number of hydrogen-bond donors (Lipinski definition) is 1. The molecule has 1 aromatic heterocycles. The summed E-state index contributed by atoms with van der Waals surface area (Å²) in [7, 11) is 0. The van der Waals surface area contributed by atoms with Crippen LogP contribution in [0.1, 0.15) is 13.8 Å². The summed E-state index contributed by atoms with van der Waals surface area (Å²) in [4.78, 5) is 14.1. The second kappa shape index (κ2) is 7.77. The molecule has 0 unspecified atom stereocenters. The number of hydrogen-bond acceptors (Lipinski definition) is 7. The zero-order chi connectivity index (χ0) is 15.2. The molecule has 1 N–H and O–H groups in total. The number of nitrogens with zero attached hydrogens (tertiary/aromatic N) is 3. The van der Waals surface area contributed by atoms with Gasteiger partial charge < -0.3 is 15.0 Å². The van der Waals surface area contributed by atoms with Gasteiger partial charge in [0.15, 0.2) is 4.34 Å². The van der Waals surface area contributed by atoms with Gasteiger partial charge in [-0.2, -0.15) is 0 Å². The van der Waals surface area contributed by atoms with E-state index in [-0.39, 0.29) is 18.1 Å². The molecule has 2 heterocycles. The first-order valence-electron chi connectivity index (χ1n) is 6.82. The smallest absolute Gasteiger partial charge is 0.233 e. The van der Waals surface area contributed by atoms with Crippen LogP contribution in [-0.4, -0.2) is 58.6 Å². The molecular weight excluding hydrogens is 308 g/mol. The monoisotopic (exact) mass is 328 g/mol. The summed E-state index contributed by atoms with van der Waals surface area (Å²) in [6.07, 6.45) is 1.95. The normalized spacial score (nSPS) is 22.1. The number of ether oxygens (including phenoxy) is 1. The zero-order valence-electron chi connectivity index (χ0n) is 12.2. The van der Waals surface area contributed by atoms with Crippen LogP contribution in [-0.2, 0) is 9.53 Å². The molecular formula is C13H20N4O2S2. The van der Waals surface area contributed by atoms with Crippen molar-refractivity contribution in [2.45, 2.75) is 30.4 Å². The van der Waals surface area contributed by atoms with Crippen LogP contribution in [0, 0.1) is 0 Å². The highest BCUT2D eigenvalue weighted by atomic mass is 32.2. The van der Waals surface area contributed by atoms with Gasteiger partial charge in [-0.05, 0) is 13.8 Å². The topological polar surface area (TPSA) is 67.4 Å². The van der Waals surface area contributed by atoms with E-state index in [1.807, 2.05) is 18.7 Å². The molecule has 1 saturated heterocycles. The lowest BCUT2D eigenvalue weighted by molar-refractivity contribution is -0.140. The van der Waals surface area contributed by atoms with Gasteiger partial charge in [-0.3, -0.25) is 4.79 Å². The molecule has 0 saturated carbocycles. The summed E-state index contributed by atoms with van der Waals surface area (Å²) in [5.74, 6) is 0.507. The highest BCUT2D eigenvalue weighted by Gasteiger charge is 2.25. The van der Waals surface area contributed by atoms with E-state index in [0.717, 1.165) is 9.47 Å². The van der Waals surface area contributed by atoms with Gasteiger partial charge in [0.2, 0.25) is 11.0 Å². The van der Waals surface area contributed by atoms with E-state index in [1.54, 1.807) is 6.08 Å². The summed E-state index contributed by atoms with van der Waals surface area (Å²) in [6.45, 7) is 9.59. The van der Waals surface area contributed by atoms with Crippen molar-refractivity contribution in [3.05, 3.63) is 12.7 Å². The Morgan fingerprint density at radius 1 is 1.52 bits per heavy atom. The molecule has 0 aromatic carbocycles. The molecule has 1 aliphatic rings. The van der Waals surface area contributed by atoms with Crippen LogP contribution < -0.4 is 5.32 Å². The molecule has 0 bridgehead atoms. The summed E-state index contributed by atoms with van der Waals surface area (Å²) >= 11 is 2.87. The lowest BCUT2D eigenvalue weighted by Crippen LogP contribution is -2.48. The summed E-state index contributed by atoms with van der Waals surface area (Å²) in [5.41, 5.74) is 0. The summed E-state index contributed by atoms with van der Waals surface area (Å²) < 4.78 is 6.43. The summed E-state index contributed by atoms with van der Waals surface area (Å²) in [6, 6.07) is 0. The molecule has 1 amide bonds. The Labute approximate surface area is 133 Å². The number of amides is 1. The third-order valence-corrected chi connectivity index (χ3v) is 4.89. The minimum absolute atomic E-state index is 0.0962. The molecule has 116 valence electrons. The highest BCUT2D eigenvalue weighted by molar-refractivity contribution is 8.01. The number of carbonyl (C=O) groups excluding carboxylic acids is 1. The van der Waals surface area contributed by atoms with Crippen LogP contribution in [0.5, 0.6) is 0 Å². The number of anilines is 1. The van der Waals surface area contributed by atoms with E-state index in [9.17, 15) is 4.79 Å². The van der Waals surface area contributed by atoms with Crippen LogP contribution >= 0.6 is 23.1 Å². The Kier molecular flexibility index (Phi) is 6.01. The Bertz CT molecular complexity index is 484. The van der Waals surface area contributed by atoms with Gasteiger partial charge >= 0.3 is 0 Å².